The van der Waals surface area contributed by atoms with Gasteiger partial charge in [-0.3, -0.25) is 4.79 Å². The molecule has 8 heteroatoms. The third-order valence-corrected chi connectivity index (χ3v) is 5.96. The van der Waals surface area contributed by atoms with Gasteiger partial charge in [-0.25, -0.2) is 13.4 Å². The molecule has 0 atom stereocenters. The monoisotopic (exact) mass is 353 g/mol. The van der Waals surface area contributed by atoms with E-state index in [1.54, 1.807) is 38.2 Å². The average Bonchev–Trinajstić information content (AvgIpc) is 2.90. The van der Waals surface area contributed by atoms with Gasteiger partial charge in [0.15, 0.2) is 5.13 Å². The van der Waals surface area contributed by atoms with E-state index >= 15 is 0 Å². The predicted octanol–water partition coefficient (Wildman–Crippen LogP) is 2.49. The minimum Gasteiger partial charge on any atom is -0.301 e. The summed E-state index contributed by atoms with van der Waals surface area (Å²) in [5.41, 5.74) is 0. The first kappa shape index (κ1) is 17.6. The fourth-order valence-electron chi connectivity index (χ4n) is 1.99. The maximum absolute atomic E-state index is 12.7. The van der Waals surface area contributed by atoms with Crippen molar-refractivity contribution in [3.63, 3.8) is 0 Å². The lowest BCUT2D eigenvalue weighted by Gasteiger charge is -2.25. The summed E-state index contributed by atoms with van der Waals surface area (Å²) in [5.74, 6) is -0.410. The van der Waals surface area contributed by atoms with E-state index in [0.717, 1.165) is 4.88 Å². The Hall–Kier alpha value is -1.77. The highest BCUT2D eigenvalue weighted by Crippen LogP contribution is 2.19. The number of thiazole rings is 1. The summed E-state index contributed by atoms with van der Waals surface area (Å²) in [6, 6.07) is 7.76. The molecule has 0 aliphatic carbocycles. The predicted molar refractivity (Wildman–Crippen MR) is 91.0 cm³/mol. The molecule has 0 spiro atoms. The number of carbonyl (C=O) groups is 1. The first-order chi connectivity index (χ1) is 10.8. The number of aromatic nitrogens is 1. The van der Waals surface area contributed by atoms with Crippen LogP contribution in [0.15, 0.2) is 41.4 Å². The number of anilines is 1. The van der Waals surface area contributed by atoms with Crippen LogP contribution in [0.1, 0.15) is 18.7 Å². The topological polar surface area (TPSA) is 79.4 Å². The van der Waals surface area contributed by atoms with Crippen LogP contribution >= 0.6 is 11.3 Å². The number of aryl methyl sites for hydroxylation is 1. The Balaban J connectivity index is 2.17. The molecule has 23 heavy (non-hydrogen) atoms. The van der Waals surface area contributed by atoms with Gasteiger partial charge >= 0.3 is 0 Å². The Labute approximate surface area is 140 Å². The van der Waals surface area contributed by atoms with Gasteiger partial charge < -0.3 is 5.32 Å². The van der Waals surface area contributed by atoms with E-state index in [0.29, 0.717) is 5.13 Å². The summed E-state index contributed by atoms with van der Waals surface area (Å²) in [5, 5.41) is 3.10. The van der Waals surface area contributed by atoms with Crippen molar-refractivity contribution in [3.8, 4) is 0 Å². The van der Waals surface area contributed by atoms with E-state index in [-0.39, 0.29) is 17.5 Å². The second-order valence-electron chi connectivity index (χ2n) is 5.28. The maximum atomic E-state index is 12.7. The van der Waals surface area contributed by atoms with Crippen molar-refractivity contribution in [1.29, 1.82) is 0 Å². The number of carbonyl (C=O) groups excluding carboxylic acids is 1. The fourth-order valence-corrected chi connectivity index (χ4v) is 4.28. The number of nitrogens with zero attached hydrogens (tertiary/aromatic N) is 2. The largest absolute Gasteiger partial charge is 0.301 e. The van der Waals surface area contributed by atoms with Crippen LogP contribution in [0.2, 0.25) is 0 Å². The number of amides is 1. The van der Waals surface area contributed by atoms with Crippen molar-refractivity contribution in [2.24, 2.45) is 0 Å². The van der Waals surface area contributed by atoms with Crippen LogP contribution in [-0.2, 0) is 14.8 Å². The molecule has 0 bridgehead atoms. The lowest BCUT2D eigenvalue weighted by molar-refractivity contribution is -0.116. The third-order valence-electron chi connectivity index (χ3n) is 3.09. The van der Waals surface area contributed by atoms with Gasteiger partial charge in [0.1, 0.15) is 0 Å². The number of sulfonamides is 1. The average molecular weight is 353 g/mol. The van der Waals surface area contributed by atoms with Gasteiger partial charge in [-0.15, -0.1) is 11.3 Å². The lowest BCUT2D eigenvalue weighted by Crippen LogP contribution is -2.42. The Morgan fingerprint density at radius 1 is 1.30 bits per heavy atom. The van der Waals surface area contributed by atoms with Crippen LogP contribution in [0.3, 0.4) is 0 Å². The van der Waals surface area contributed by atoms with Crippen LogP contribution in [0.4, 0.5) is 5.13 Å². The van der Waals surface area contributed by atoms with Gasteiger partial charge in [0.25, 0.3) is 0 Å². The summed E-state index contributed by atoms with van der Waals surface area (Å²) in [6.45, 7) is 5.10. The van der Waals surface area contributed by atoms with Gasteiger partial charge in [0, 0.05) is 17.1 Å². The summed E-state index contributed by atoms with van der Waals surface area (Å²) in [4.78, 5) is 17.4. The smallest absolute Gasteiger partial charge is 0.243 e. The third kappa shape index (κ3) is 4.37. The number of benzene rings is 1. The highest BCUT2D eigenvalue weighted by atomic mass is 32.2. The second kappa shape index (κ2) is 7.20. The Bertz CT molecular complexity index is 770. The number of hydrogen-bond donors (Lipinski definition) is 1. The van der Waals surface area contributed by atoms with Crippen LogP contribution in [0.5, 0.6) is 0 Å². The van der Waals surface area contributed by atoms with Crippen LogP contribution in [0, 0.1) is 6.92 Å². The molecule has 1 aromatic heterocycles. The zero-order chi connectivity index (χ0) is 17.0. The first-order valence-electron chi connectivity index (χ1n) is 7.10. The minimum atomic E-state index is -3.73. The van der Waals surface area contributed by atoms with Crippen molar-refractivity contribution < 1.29 is 13.2 Å². The van der Waals surface area contributed by atoms with Crippen molar-refractivity contribution >= 4 is 32.4 Å². The summed E-state index contributed by atoms with van der Waals surface area (Å²) in [6.07, 6.45) is 1.65. The van der Waals surface area contributed by atoms with E-state index < -0.39 is 15.9 Å². The molecule has 1 amide bonds. The molecule has 1 N–H and O–H groups in total. The van der Waals surface area contributed by atoms with Crippen molar-refractivity contribution in [3.05, 3.63) is 41.4 Å². The standard InChI is InChI=1S/C15H19N3O3S2/c1-11(2)18(23(20,21)13-7-5-4-6-8-13)10-14(19)17-15-16-9-12(3)22-15/h4-9,11H,10H2,1-3H3,(H,16,17,19). The van der Waals surface area contributed by atoms with Gasteiger partial charge in [-0.05, 0) is 32.9 Å². The van der Waals surface area contributed by atoms with E-state index in [9.17, 15) is 13.2 Å². The summed E-state index contributed by atoms with van der Waals surface area (Å²) < 4.78 is 26.6. The Kier molecular flexibility index (Phi) is 5.51. The normalized spacial score (nSPS) is 11.9. The van der Waals surface area contributed by atoms with Crippen molar-refractivity contribution in [1.82, 2.24) is 9.29 Å². The molecule has 6 nitrogen and oxygen atoms in total. The van der Waals surface area contributed by atoms with Crippen LogP contribution in [0.25, 0.3) is 0 Å². The molecule has 0 saturated carbocycles. The molecule has 0 fully saturated rings. The van der Waals surface area contributed by atoms with Crippen LogP contribution in [-0.4, -0.2) is 36.2 Å². The molecule has 124 valence electrons. The van der Waals surface area contributed by atoms with Gasteiger partial charge in [-0.2, -0.15) is 4.31 Å². The number of rotatable bonds is 6. The van der Waals surface area contributed by atoms with Gasteiger partial charge in [0.05, 0.1) is 11.4 Å². The van der Waals surface area contributed by atoms with Crippen molar-refractivity contribution in [2.45, 2.75) is 31.7 Å². The lowest BCUT2D eigenvalue weighted by atomic mass is 10.4. The molecule has 0 saturated heterocycles. The van der Waals surface area contributed by atoms with E-state index in [1.165, 1.54) is 27.8 Å². The minimum absolute atomic E-state index is 0.173. The molecule has 1 aromatic carbocycles. The molecular weight excluding hydrogens is 334 g/mol. The molecule has 0 radical (unpaired) electrons. The van der Waals surface area contributed by atoms with Gasteiger partial charge in [0.2, 0.25) is 15.9 Å². The molecular formula is C15H19N3O3S2. The molecule has 1 heterocycles. The molecule has 2 aromatic rings. The summed E-state index contributed by atoms with van der Waals surface area (Å²) >= 11 is 1.34. The quantitative estimate of drug-likeness (QED) is 0.865. The Morgan fingerprint density at radius 3 is 2.48 bits per heavy atom. The van der Waals surface area contributed by atoms with E-state index in [2.05, 4.69) is 10.3 Å². The Morgan fingerprint density at radius 2 is 1.96 bits per heavy atom. The zero-order valence-electron chi connectivity index (χ0n) is 13.2. The number of nitrogens with one attached hydrogen (secondary N) is 1. The van der Waals surface area contributed by atoms with Gasteiger partial charge in [-0.1, -0.05) is 18.2 Å². The highest BCUT2D eigenvalue weighted by molar-refractivity contribution is 7.89. The first-order valence-corrected chi connectivity index (χ1v) is 9.35. The second-order valence-corrected chi connectivity index (χ2v) is 8.41. The molecule has 0 aliphatic heterocycles. The van der Waals surface area contributed by atoms with E-state index in [1.807, 2.05) is 6.92 Å². The highest BCUT2D eigenvalue weighted by Gasteiger charge is 2.29. The molecule has 2 rings (SSSR count). The zero-order valence-corrected chi connectivity index (χ0v) is 14.8. The molecule has 0 unspecified atom stereocenters. The summed E-state index contributed by atoms with van der Waals surface area (Å²) in [7, 11) is -3.73. The van der Waals surface area contributed by atoms with Crippen molar-refractivity contribution in [2.75, 3.05) is 11.9 Å². The number of hydrogen-bond acceptors (Lipinski definition) is 5. The molecule has 0 aliphatic rings. The SMILES string of the molecule is Cc1cnc(NC(=O)CN(C(C)C)S(=O)(=O)c2ccccc2)s1. The van der Waals surface area contributed by atoms with E-state index in [4.69, 9.17) is 0 Å². The van der Waals surface area contributed by atoms with Crippen LogP contribution < -0.4 is 5.32 Å². The fraction of sp³-hybridized carbons (Fsp3) is 0.333. The maximum Gasteiger partial charge on any atom is 0.243 e.